The molecule has 12 heteroatoms. The maximum Gasteiger partial charge on any atom is 0.414 e. The van der Waals surface area contributed by atoms with E-state index in [2.05, 4.69) is 31.8 Å². The van der Waals surface area contributed by atoms with Crippen LogP contribution in [-0.4, -0.2) is 68.1 Å². The number of rotatable bonds is 5. The first kappa shape index (κ1) is 33.9. The van der Waals surface area contributed by atoms with E-state index in [1.54, 1.807) is 60.9 Å². The van der Waals surface area contributed by atoms with Crippen molar-refractivity contribution in [1.29, 1.82) is 0 Å². The Morgan fingerprint density at radius 1 is 0.884 bits per heavy atom. The van der Waals surface area contributed by atoms with Crippen molar-refractivity contribution < 1.29 is 20.9 Å². The number of aliphatic imine (C=N–C) groups is 1. The zero-order valence-corrected chi connectivity index (χ0v) is 26.2. The molecule has 3 heterocycles. The van der Waals surface area contributed by atoms with Gasteiger partial charge in [-0.15, -0.1) is 0 Å². The third-order valence-corrected chi connectivity index (χ3v) is 6.90. The van der Waals surface area contributed by atoms with Crippen LogP contribution >= 0.6 is 22.6 Å². The highest BCUT2D eigenvalue weighted by Gasteiger charge is 2.28. The van der Waals surface area contributed by atoms with Crippen LogP contribution in [0.3, 0.4) is 0 Å². The summed E-state index contributed by atoms with van der Waals surface area (Å²) in [5.74, 6) is -1.44. The number of aliphatic carboxylic acids is 1. The summed E-state index contributed by atoms with van der Waals surface area (Å²) in [6.45, 7) is 0. The third-order valence-electron chi connectivity index (χ3n) is 6.90. The highest BCUT2D eigenvalue weighted by atomic mass is 127. The second-order valence-corrected chi connectivity index (χ2v) is 9.94. The van der Waals surface area contributed by atoms with Gasteiger partial charge in [-0.25, -0.2) is 4.79 Å². The van der Waals surface area contributed by atoms with E-state index in [0.29, 0.717) is 16.3 Å². The average molecular weight is 704 g/mol. The molecule has 0 aromatic carbocycles. The molecule has 43 heavy (non-hydrogen) atoms. The monoisotopic (exact) mass is 703 g/mol. The number of carboxylic acid groups (broad SMARTS) is 1. The molecule has 0 saturated heterocycles. The number of pyridine rings is 2. The summed E-state index contributed by atoms with van der Waals surface area (Å²) in [6.07, 6.45) is 18.7. The van der Waals surface area contributed by atoms with Crippen LogP contribution in [0.2, 0.25) is 0 Å². The lowest BCUT2D eigenvalue weighted by Gasteiger charge is -2.32. The number of nitrogens with two attached hydrogens (primary N) is 2. The van der Waals surface area contributed by atoms with E-state index < -0.39 is 5.97 Å². The van der Waals surface area contributed by atoms with Gasteiger partial charge in [0.05, 0.1) is 12.2 Å². The lowest BCUT2D eigenvalue weighted by atomic mass is 9.90. The van der Waals surface area contributed by atoms with Crippen molar-refractivity contribution >= 4 is 46.6 Å². The van der Waals surface area contributed by atoms with Crippen molar-refractivity contribution in [3.05, 3.63) is 84.1 Å². The molecule has 2 aromatic rings. The molecule has 0 bridgehead atoms. The van der Waals surface area contributed by atoms with Gasteiger partial charge >= 0.3 is 5.97 Å². The van der Waals surface area contributed by atoms with Crippen molar-refractivity contribution in [2.75, 3.05) is 4.91 Å². The first-order valence-electron chi connectivity index (χ1n) is 14.8. The van der Waals surface area contributed by atoms with E-state index in [1.807, 2.05) is 22.6 Å². The summed E-state index contributed by atoms with van der Waals surface area (Å²) >= 11 is 1.96. The summed E-state index contributed by atoms with van der Waals surface area (Å²) in [7, 11) is 0. The smallest absolute Gasteiger partial charge is 0.414 e. The molecule has 2 saturated carbocycles. The second-order valence-electron chi connectivity index (χ2n) is 9.94. The number of halogens is 1. The molecule has 2 amide bonds. The van der Waals surface area contributed by atoms with Gasteiger partial charge in [0.15, 0.2) is 6.21 Å². The van der Waals surface area contributed by atoms with Crippen molar-refractivity contribution in [1.82, 2.24) is 20.6 Å². The van der Waals surface area contributed by atoms with Crippen LogP contribution in [0.4, 0.5) is 0 Å². The Hall–Kier alpha value is -3.58. The zero-order chi connectivity index (χ0) is 32.2. The Morgan fingerprint density at radius 2 is 1.35 bits per heavy atom. The molecule has 1 aliphatic heterocycles. The average Bonchev–Trinajstić information content (AvgIpc) is 3.05. The standard InChI is InChI=1S/C18H20N4O2.C6H14N2.C6H3NO2.CH3I/c23-17(15-9-3-5-11-19-15)21-13-7-1-2-8-14(13)22-18(24)16-10-4-6-12-20-16;7-5-3-1-2-4-6(5)8;8-6(9)5-3-1-2-4-7-5;1-2/h3-6,9-14H,1-2,7-8H2,(H,21,23)(H,22,24);5-6H,1-4,7-8H2;1-3H;1H3/p+1/t13-,14-;5-,6-;;/m00../s1/i;;;1D. The SMILES string of the molecule is N[C@H]1CCCC[C@@H]1N.O=C(N[C@H]1CCCC[C@@H]1NC(=O)c1ccccn1)c1ccccn1.O=C(O)C1=CC=C[C+]=N1.[2H]CI. The van der Waals surface area contributed by atoms with Crippen molar-refractivity contribution in [3.63, 3.8) is 0 Å². The number of carboxylic acids is 1. The molecule has 0 spiro atoms. The molecule has 11 nitrogen and oxygen atoms in total. The first-order valence-corrected chi connectivity index (χ1v) is 15.7. The number of allylic oxidation sites excluding steroid dienone is 3. The normalized spacial score (nSPS) is 22.1. The number of aromatic nitrogens is 2. The number of hydrogen-bond donors (Lipinski definition) is 5. The molecular weight excluding hydrogens is 661 g/mol. The molecular formula is C31H41IN7O4+. The lowest BCUT2D eigenvalue weighted by molar-refractivity contribution is -0.132. The molecule has 0 unspecified atom stereocenters. The maximum atomic E-state index is 12.3. The Balaban J connectivity index is 0.000000274. The van der Waals surface area contributed by atoms with Crippen LogP contribution < -0.4 is 22.1 Å². The molecule has 2 fully saturated rings. The number of hydrogen-bond acceptors (Lipinski definition) is 8. The van der Waals surface area contributed by atoms with E-state index in [4.69, 9.17) is 17.9 Å². The minimum absolute atomic E-state index is 0.0255. The molecule has 5 rings (SSSR count). The predicted molar refractivity (Wildman–Crippen MR) is 176 cm³/mol. The van der Waals surface area contributed by atoms with Gasteiger partial charge in [-0.2, -0.15) is 0 Å². The number of carbonyl (C=O) groups excluding carboxylic acids is 2. The van der Waals surface area contributed by atoms with Gasteiger partial charge in [-0.05, 0) is 54.9 Å². The quantitative estimate of drug-likeness (QED) is 0.177. The molecule has 2 aliphatic carbocycles. The van der Waals surface area contributed by atoms with Crippen LogP contribution in [0.25, 0.3) is 0 Å². The van der Waals surface area contributed by atoms with Gasteiger partial charge in [0, 0.05) is 37.9 Å². The number of nitrogens with zero attached hydrogens (tertiary/aromatic N) is 3. The molecule has 0 radical (unpaired) electrons. The van der Waals surface area contributed by atoms with E-state index in [9.17, 15) is 14.4 Å². The third kappa shape index (κ3) is 13.1. The Labute approximate surface area is 268 Å². The summed E-state index contributed by atoms with van der Waals surface area (Å²) in [4.78, 5) is 46.8. The van der Waals surface area contributed by atoms with Gasteiger partial charge in [0.25, 0.3) is 17.5 Å². The fraction of sp³-hybridized carbons (Fsp3) is 0.419. The van der Waals surface area contributed by atoms with Gasteiger partial charge in [-0.3, -0.25) is 19.6 Å². The summed E-state index contributed by atoms with van der Waals surface area (Å²) in [5.41, 5.74) is 12.1. The maximum absolute atomic E-state index is 12.3. The fourth-order valence-corrected chi connectivity index (χ4v) is 4.59. The van der Waals surface area contributed by atoms with Gasteiger partial charge in [0.1, 0.15) is 17.5 Å². The molecule has 4 atom stereocenters. The fourth-order valence-electron chi connectivity index (χ4n) is 4.59. The molecule has 230 valence electrons. The Bertz CT molecular complexity index is 1180. The minimum atomic E-state index is -1.02. The van der Waals surface area contributed by atoms with E-state index in [-0.39, 0.29) is 41.7 Å². The molecule has 7 N–H and O–H groups in total. The van der Waals surface area contributed by atoms with Crippen LogP contribution in [0.1, 0.15) is 73.7 Å². The van der Waals surface area contributed by atoms with Gasteiger partial charge in [-0.1, -0.05) is 65.4 Å². The van der Waals surface area contributed by atoms with E-state index >= 15 is 0 Å². The predicted octanol–water partition coefficient (Wildman–Crippen LogP) is 3.69. The lowest BCUT2D eigenvalue weighted by Crippen LogP contribution is -2.53. The van der Waals surface area contributed by atoms with E-state index in [0.717, 1.165) is 38.5 Å². The van der Waals surface area contributed by atoms with Crippen LogP contribution in [0, 0.1) is 0 Å². The topological polar surface area (TPSA) is 186 Å². The van der Waals surface area contributed by atoms with Crippen LogP contribution in [0.15, 0.2) is 77.7 Å². The second kappa shape index (κ2) is 20.3. The summed E-state index contributed by atoms with van der Waals surface area (Å²) in [5, 5.41) is 14.3. The number of alkyl halides is 1. The van der Waals surface area contributed by atoms with Crippen LogP contribution in [-0.2, 0) is 4.79 Å². The van der Waals surface area contributed by atoms with Crippen molar-refractivity contribution in [3.8, 4) is 0 Å². The minimum Gasteiger partial charge on any atom is -0.466 e. The Kier molecular flexibility index (Phi) is 16.0. The molecule has 3 aliphatic rings. The first-order chi connectivity index (χ1) is 21.3. The van der Waals surface area contributed by atoms with Gasteiger partial charge < -0.3 is 27.2 Å². The zero-order valence-electron chi connectivity index (χ0n) is 25.1. The summed E-state index contributed by atoms with van der Waals surface area (Å²) < 4.78 is 6.20. The highest BCUT2D eigenvalue weighted by Crippen LogP contribution is 2.19. The highest BCUT2D eigenvalue weighted by molar-refractivity contribution is 14.1. The van der Waals surface area contributed by atoms with E-state index in [1.165, 1.54) is 18.9 Å². The van der Waals surface area contributed by atoms with Crippen molar-refractivity contribution in [2.24, 2.45) is 16.5 Å². The Morgan fingerprint density at radius 3 is 1.67 bits per heavy atom. The van der Waals surface area contributed by atoms with Crippen LogP contribution in [0.5, 0.6) is 0 Å². The van der Waals surface area contributed by atoms with Crippen molar-refractivity contribution in [2.45, 2.75) is 75.5 Å². The number of nitrogens with one attached hydrogen (secondary N) is 2. The number of carbonyl (C=O) groups is 3. The number of amides is 2. The molecule has 2 aromatic heterocycles. The van der Waals surface area contributed by atoms with Gasteiger partial charge in [0.2, 0.25) is 0 Å². The summed E-state index contributed by atoms with van der Waals surface area (Å²) in [6, 6.07) is 10.8. The largest absolute Gasteiger partial charge is 0.466 e.